The van der Waals surface area contributed by atoms with Crippen LogP contribution in [-0.2, 0) is 12.4 Å². The second-order valence-corrected chi connectivity index (χ2v) is 5.10. The van der Waals surface area contributed by atoms with Crippen LogP contribution < -0.4 is 0 Å². The van der Waals surface area contributed by atoms with Gasteiger partial charge in [0, 0.05) is 5.56 Å². The van der Waals surface area contributed by atoms with Crippen LogP contribution in [-0.4, -0.2) is 11.7 Å². The summed E-state index contributed by atoms with van der Waals surface area (Å²) in [4.78, 5) is 11.6. The van der Waals surface area contributed by atoms with Gasteiger partial charge in [-0.05, 0) is 26.9 Å². The summed E-state index contributed by atoms with van der Waals surface area (Å²) in [6, 6.07) is 1.63. The Balaban J connectivity index is 3.55. The van der Waals surface area contributed by atoms with Crippen molar-refractivity contribution in [2.75, 3.05) is 6.16 Å². The van der Waals surface area contributed by atoms with Crippen molar-refractivity contribution in [2.45, 2.75) is 19.3 Å². The van der Waals surface area contributed by atoms with E-state index >= 15 is 0 Å². The third kappa shape index (κ3) is 3.69. The Labute approximate surface area is 106 Å². The van der Waals surface area contributed by atoms with Gasteiger partial charge in [0.25, 0.3) is 0 Å². The fourth-order valence-electron chi connectivity index (χ4n) is 1.52. The van der Waals surface area contributed by atoms with Crippen LogP contribution in [0, 0.1) is 0 Å². The molecule has 1 rings (SSSR count). The van der Waals surface area contributed by atoms with Gasteiger partial charge in [-0.15, -0.1) is 0 Å². The second kappa shape index (κ2) is 5.49. The molecule has 0 fully saturated rings. The topological polar surface area (TPSA) is 17.1 Å². The summed E-state index contributed by atoms with van der Waals surface area (Å²) in [5.41, 5.74) is -5.47. The van der Waals surface area contributed by atoms with Crippen LogP contribution in [0.15, 0.2) is 18.2 Å². The fraction of sp³-hybridized carbons (Fsp3) is 0.364. The van der Waals surface area contributed by atoms with Crippen molar-refractivity contribution >= 4 is 14.1 Å². The molecule has 1 atom stereocenters. The summed E-state index contributed by atoms with van der Waals surface area (Å²) in [6.45, 7) is 1.51. The molecule has 1 nitrogen and oxygen atoms in total. The normalized spacial score (nSPS) is 13.2. The van der Waals surface area contributed by atoms with E-state index in [1.165, 1.54) is 6.92 Å². The molecule has 0 amide bonds. The van der Waals surface area contributed by atoms with Crippen LogP contribution in [0.3, 0.4) is 0 Å². The summed E-state index contributed by atoms with van der Waals surface area (Å²) in [5.74, 6) is 0. The highest BCUT2D eigenvalue weighted by Gasteiger charge is 2.42. The maximum atomic E-state index is 12.7. The summed E-state index contributed by atoms with van der Waals surface area (Å²) in [6.07, 6.45) is -9.79. The van der Waals surface area contributed by atoms with Crippen molar-refractivity contribution in [1.29, 1.82) is 0 Å². The Hall–Kier alpha value is -1.10. The lowest BCUT2D eigenvalue weighted by atomic mass is 10.0. The first-order chi connectivity index (χ1) is 8.59. The van der Waals surface area contributed by atoms with Crippen molar-refractivity contribution in [3.63, 3.8) is 0 Å². The minimum atomic E-state index is -5.00. The Morgan fingerprint density at radius 2 is 1.47 bits per heavy atom. The van der Waals surface area contributed by atoms with E-state index in [4.69, 9.17) is 0 Å². The molecule has 106 valence electrons. The van der Waals surface area contributed by atoms with Gasteiger partial charge in [0.05, 0.1) is 11.1 Å². The van der Waals surface area contributed by atoms with Gasteiger partial charge >= 0.3 is 12.4 Å². The first-order valence-corrected chi connectivity index (χ1v) is 6.35. The first kappa shape index (κ1) is 16.0. The Morgan fingerprint density at radius 3 is 1.79 bits per heavy atom. The summed E-state index contributed by atoms with van der Waals surface area (Å²) in [5, 5.41) is 0. The van der Waals surface area contributed by atoms with Crippen molar-refractivity contribution in [2.24, 2.45) is 0 Å². The van der Waals surface area contributed by atoms with E-state index in [1.54, 1.807) is 0 Å². The van der Waals surface area contributed by atoms with Crippen LogP contribution in [0.4, 0.5) is 26.3 Å². The van der Waals surface area contributed by atoms with Crippen LogP contribution in [0.2, 0.25) is 0 Å². The number of carbonyl (C=O) groups excluding carboxylic acids is 1. The number of halogens is 6. The molecular formula is C11H9F6OP. The van der Waals surface area contributed by atoms with Crippen molar-refractivity contribution in [3.05, 3.63) is 34.9 Å². The van der Waals surface area contributed by atoms with Crippen molar-refractivity contribution in [3.8, 4) is 0 Å². The molecule has 1 aromatic rings. The lowest BCUT2D eigenvalue weighted by molar-refractivity contribution is -0.143. The van der Waals surface area contributed by atoms with E-state index in [-0.39, 0.29) is 6.16 Å². The van der Waals surface area contributed by atoms with Crippen molar-refractivity contribution < 1.29 is 31.1 Å². The van der Waals surface area contributed by atoms with Gasteiger partial charge in [0.15, 0.2) is 5.52 Å². The summed E-state index contributed by atoms with van der Waals surface area (Å²) < 4.78 is 76.2. The van der Waals surface area contributed by atoms with Crippen LogP contribution >= 0.6 is 8.58 Å². The van der Waals surface area contributed by atoms with E-state index in [9.17, 15) is 31.1 Å². The maximum Gasteiger partial charge on any atom is 0.417 e. The maximum absolute atomic E-state index is 12.7. The quantitative estimate of drug-likeness (QED) is 0.591. The van der Waals surface area contributed by atoms with Gasteiger partial charge < -0.3 is 0 Å². The van der Waals surface area contributed by atoms with Crippen molar-refractivity contribution in [1.82, 2.24) is 0 Å². The van der Waals surface area contributed by atoms with Crippen LogP contribution in [0.1, 0.15) is 28.4 Å². The highest BCUT2D eigenvalue weighted by atomic mass is 31.1. The standard InChI is InChI=1S/C11H9F6OP/c1-2-19-9(18)8-6(10(12,13)14)4-3-5-7(8)11(15,16)17/h3-5,19H,2H2,1H3. The molecule has 0 aromatic heterocycles. The molecule has 1 aromatic carbocycles. The van der Waals surface area contributed by atoms with E-state index in [2.05, 4.69) is 0 Å². The number of benzene rings is 1. The van der Waals surface area contributed by atoms with Crippen LogP contribution in [0.5, 0.6) is 0 Å². The van der Waals surface area contributed by atoms with E-state index in [0.29, 0.717) is 18.2 Å². The molecule has 0 aliphatic heterocycles. The average molecular weight is 302 g/mol. The Morgan fingerprint density at radius 1 is 1.05 bits per heavy atom. The Bertz CT molecular complexity index is 445. The minimum Gasteiger partial charge on any atom is -0.289 e. The smallest absolute Gasteiger partial charge is 0.289 e. The molecule has 0 saturated heterocycles. The third-order valence-electron chi connectivity index (χ3n) is 2.24. The van der Waals surface area contributed by atoms with Gasteiger partial charge in [-0.3, -0.25) is 4.79 Å². The molecule has 0 bridgehead atoms. The largest absolute Gasteiger partial charge is 0.417 e. The average Bonchev–Trinajstić information content (AvgIpc) is 2.26. The Kier molecular flexibility index (Phi) is 4.61. The lowest BCUT2D eigenvalue weighted by Gasteiger charge is -2.17. The van der Waals surface area contributed by atoms with E-state index < -0.39 is 43.1 Å². The second-order valence-electron chi connectivity index (χ2n) is 3.58. The minimum absolute atomic E-state index is 0.197. The molecule has 0 radical (unpaired) electrons. The number of carbonyl (C=O) groups is 1. The third-order valence-corrected chi connectivity index (χ3v) is 3.16. The predicted molar refractivity (Wildman–Crippen MR) is 59.6 cm³/mol. The lowest BCUT2D eigenvalue weighted by Crippen LogP contribution is -2.18. The van der Waals surface area contributed by atoms with E-state index in [0.717, 1.165) is 0 Å². The SMILES string of the molecule is CCPC(=O)c1c(C(F)(F)F)cccc1C(F)(F)F. The molecule has 0 aliphatic rings. The highest BCUT2D eigenvalue weighted by molar-refractivity contribution is 7.58. The first-order valence-electron chi connectivity index (χ1n) is 5.14. The van der Waals surface area contributed by atoms with Gasteiger partial charge in [-0.2, -0.15) is 26.3 Å². The zero-order valence-electron chi connectivity index (χ0n) is 9.62. The van der Waals surface area contributed by atoms with Crippen LogP contribution in [0.25, 0.3) is 0 Å². The molecular weight excluding hydrogens is 293 g/mol. The molecule has 8 heteroatoms. The number of alkyl halides is 6. The van der Waals surface area contributed by atoms with Gasteiger partial charge in [-0.1, -0.05) is 13.0 Å². The summed E-state index contributed by atoms with van der Waals surface area (Å²) >= 11 is 0. The fourth-order valence-corrected chi connectivity index (χ4v) is 2.29. The van der Waals surface area contributed by atoms with Gasteiger partial charge in [0.2, 0.25) is 0 Å². The molecule has 0 saturated carbocycles. The predicted octanol–water partition coefficient (Wildman–Crippen LogP) is 4.56. The number of hydrogen-bond acceptors (Lipinski definition) is 1. The number of rotatable bonds is 3. The summed E-state index contributed by atoms with van der Waals surface area (Å²) in [7, 11) is -0.622. The molecule has 0 spiro atoms. The molecule has 1 unspecified atom stereocenters. The zero-order valence-corrected chi connectivity index (χ0v) is 10.6. The molecule has 19 heavy (non-hydrogen) atoms. The van der Waals surface area contributed by atoms with Gasteiger partial charge in [0.1, 0.15) is 0 Å². The molecule has 0 heterocycles. The number of hydrogen-bond donors (Lipinski definition) is 0. The van der Waals surface area contributed by atoms with Gasteiger partial charge in [-0.25, -0.2) is 0 Å². The molecule has 0 aliphatic carbocycles. The van der Waals surface area contributed by atoms with E-state index in [1.807, 2.05) is 0 Å². The monoisotopic (exact) mass is 302 g/mol. The highest BCUT2D eigenvalue weighted by Crippen LogP contribution is 2.41. The molecule has 0 N–H and O–H groups in total. The zero-order chi connectivity index (χ0) is 14.8.